The topological polar surface area (TPSA) is 311 Å². The highest BCUT2D eigenvalue weighted by Gasteiger charge is 2.23. The fourth-order valence-electron chi connectivity index (χ4n) is 19.0. The Labute approximate surface area is 849 Å². The lowest BCUT2D eigenvalue weighted by Crippen LogP contribution is -2.43. The third-order valence-corrected chi connectivity index (χ3v) is 26.5. The molecule has 3 fully saturated rings. The van der Waals surface area contributed by atoms with Gasteiger partial charge in [-0.3, -0.25) is 24.8 Å². The smallest absolute Gasteiger partial charge is 0.203 e. The van der Waals surface area contributed by atoms with Crippen LogP contribution in [0.25, 0.3) is 167 Å². The van der Waals surface area contributed by atoms with Crippen LogP contribution in [0.5, 0.6) is 34.5 Å². The molecule has 16 heterocycles. The molecule has 3 saturated heterocycles. The molecule has 732 valence electrons. The molecule has 0 atom stereocenters. The maximum atomic E-state index is 9.72. The second-order valence-corrected chi connectivity index (χ2v) is 36.2. The van der Waals surface area contributed by atoms with Crippen molar-refractivity contribution < 1.29 is 28.8 Å². The lowest BCUT2D eigenvalue weighted by atomic mass is 10.00. The van der Waals surface area contributed by atoms with E-state index in [0.717, 1.165) is 244 Å². The number of piperazine rings is 2. The Morgan fingerprint density at radius 2 is 0.762 bits per heavy atom. The van der Waals surface area contributed by atoms with E-state index in [4.69, 9.17) is 44.4 Å². The minimum atomic E-state index is 0.158. The molecule has 0 saturated carbocycles. The number of nitrogens with one attached hydrogen (secondary N) is 2. The highest BCUT2D eigenvalue weighted by molar-refractivity contribution is 6.00. The van der Waals surface area contributed by atoms with Gasteiger partial charge in [-0.25, -0.2) is 43.0 Å². The van der Waals surface area contributed by atoms with Crippen molar-refractivity contribution in [1.29, 1.82) is 0 Å². The number of hydrogen-bond donors (Lipinski definition) is 4. The Balaban J connectivity index is 0.000000108. The first-order valence-corrected chi connectivity index (χ1v) is 49.3. The summed E-state index contributed by atoms with van der Waals surface area (Å²) in [5.74, 6) is 3.91. The van der Waals surface area contributed by atoms with E-state index in [2.05, 4.69) is 173 Å². The molecule has 0 amide bonds. The summed E-state index contributed by atoms with van der Waals surface area (Å²) in [6.07, 6.45) is 38.1. The minimum Gasteiger partial charge on any atom is -0.508 e. The van der Waals surface area contributed by atoms with Gasteiger partial charge >= 0.3 is 0 Å². The van der Waals surface area contributed by atoms with E-state index in [1.54, 1.807) is 58.1 Å². The predicted octanol–water partition coefficient (Wildman–Crippen LogP) is 21.5. The van der Waals surface area contributed by atoms with Gasteiger partial charge in [0.15, 0.2) is 34.1 Å². The number of pyridine rings is 5. The molecule has 5 N–H and O–H groups in total. The monoisotopic (exact) mass is 1940 g/mol. The quantitative estimate of drug-likeness (QED) is 0.0519. The first kappa shape index (κ1) is 95.3. The number of nitrogen functional groups attached to an aromatic ring is 1. The van der Waals surface area contributed by atoms with Crippen LogP contribution in [-0.4, -0.2) is 199 Å². The third-order valence-electron chi connectivity index (χ3n) is 26.5. The summed E-state index contributed by atoms with van der Waals surface area (Å²) >= 11 is 0. The van der Waals surface area contributed by atoms with Gasteiger partial charge < -0.3 is 55.0 Å². The minimum absolute atomic E-state index is 0.158. The first-order chi connectivity index (χ1) is 72.3. The second kappa shape index (κ2) is 44.3. The number of fused-ring (bicyclic) bond motifs is 7. The zero-order valence-corrected chi connectivity index (χ0v) is 82.2. The van der Waals surface area contributed by atoms with Gasteiger partial charge in [-0.05, 0) is 223 Å². The van der Waals surface area contributed by atoms with Gasteiger partial charge in [-0.2, -0.15) is 20.4 Å². The number of para-hydroxylation sites is 2. The number of nitrogens with two attached hydrogens (primary N) is 1. The summed E-state index contributed by atoms with van der Waals surface area (Å²) in [6, 6.07) is 80.7. The molecule has 147 heavy (non-hydrogen) atoms. The zero-order valence-electron chi connectivity index (χ0n) is 82.2. The number of nitrogens with zero attached hydrogens (tertiary/aromatic N) is 20. The van der Waals surface area contributed by atoms with E-state index in [0.29, 0.717) is 23.1 Å². The van der Waals surface area contributed by atoms with E-state index >= 15 is 0 Å². The number of hydrogen-bond acceptors (Lipinski definition) is 25. The molecule has 22 aromatic rings. The van der Waals surface area contributed by atoms with Crippen LogP contribution in [-0.2, 0) is 0 Å². The van der Waals surface area contributed by atoms with Crippen molar-refractivity contribution in [2.45, 2.75) is 39.2 Å². The van der Waals surface area contributed by atoms with Crippen LogP contribution >= 0.6 is 0 Å². The average molecular weight is 1950 g/mol. The summed E-state index contributed by atoms with van der Waals surface area (Å²) in [5.41, 5.74) is 35.0. The Hall–Kier alpha value is -17.9. The van der Waals surface area contributed by atoms with Crippen molar-refractivity contribution in [2.75, 3.05) is 115 Å². The maximum absolute atomic E-state index is 9.72. The van der Waals surface area contributed by atoms with Crippen LogP contribution in [0.2, 0.25) is 0 Å². The number of likely N-dealkylation sites (tertiary alicyclic amines) is 1. The van der Waals surface area contributed by atoms with Gasteiger partial charge in [0.2, 0.25) is 5.75 Å². The Bertz CT molecular complexity index is 8080. The van der Waals surface area contributed by atoms with Crippen molar-refractivity contribution in [3.63, 3.8) is 0 Å². The maximum Gasteiger partial charge on any atom is 0.203 e. The normalized spacial score (nSPS) is 13.2. The number of piperidine rings is 1. The number of benzene rings is 9. The van der Waals surface area contributed by atoms with Crippen LogP contribution in [0.1, 0.15) is 33.1 Å². The van der Waals surface area contributed by atoms with Gasteiger partial charge in [0.25, 0.3) is 0 Å². The second-order valence-electron chi connectivity index (χ2n) is 36.2. The number of aromatic hydroxyl groups is 1. The van der Waals surface area contributed by atoms with Crippen LogP contribution in [0, 0.1) is 0 Å². The summed E-state index contributed by atoms with van der Waals surface area (Å²) < 4.78 is 35.2. The van der Waals surface area contributed by atoms with Crippen molar-refractivity contribution in [1.82, 2.24) is 98.8 Å². The van der Waals surface area contributed by atoms with Crippen molar-refractivity contribution in [2.24, 2.45) is 0 Å². The fraction of sp³-hybridized carbons (Fsp3) is 0.178. The largest absolute Gasteiger partial charge is 0.508 e. The number of methoxy groups -OCH3 is 3. The summed E-state index contributed by atoms with van der Waals surface area (Å²) in [6.45, 7) is 16.5. The van der Waals surface area contributed by atoms with Crippen LogP contribution in [0.4, 0.5) is 17.2 Å². The summed E-state index contributed by atoms with van der Waals surface area (Å²) in [4.78, 5) is 48.0. The molecule has 29 nitrogen and oxygen atoms in total. The van der Waals surface area contributed by atoms with Crippen LogP contribution in [0.3, 0.4) is 0 Å². The molecule has 13 aromatic heterocycles. The molecule has 25 rings (SSSR count). The molecule has 0 spiro atoms. The molecule has 3 aliphatic rings. The zero-order chi connectivity index (χ0) is 99.9. The number of phenolic OH excluding ortho intramolecular Hbond substituents is 1. The number of phenols is 1. The lowest BCUT2D eigenvalue weighted by Gasteiger charge is -2.29. The molecule has 3 aliphatic heterocycles. The predicted molar refractivity (Wildman–Crippen MR) is 582 cm³/mol. The third kappa shape index (κ3) is 21.4. The van der Waals surface area contributed by atoms with Crippen molar-refractivity contribution in [3.05, 3.63) is 354 Å². The van der Waals surface area contributed by atoms with Crippen molar-refractivity contribution >= 4 is 72.5 Å². The van der Waals surface area contributed by atoms with E-state index in [-0.39, 0.29) is 11.9 Å². The summed E-state index contributed by atoms with van der Waals surface area (Å²) in [7, 11) is 4.68. The number of aromatic nitrogens is 17. The number of ether oxygens (including phenoxy) is 5. The highest BCUT2D eigenvalue weighted by Crippen LogP contribution is 2.44. The van der Waals surface area contributed by atoms with Gasteiger partial charge in [0.1, 0.15) is 29.7 Å². The van der Waals surface area contributed by atoms with E-state index in [1.165, 1.54) is 43.7 Å². The van der Waals surface area contributed by atoms with Crippen molar-refractivity contribution in [3.8, 4) is 146 Å². The molecule has 0 unspecified atom stereocenters. The lowest BCUT2D eigenvalue weighted by molar-refractivity contribution is 0.183. The fourth-order valence-corrected chi connectivity index (χ4v) is 19.0. The van der Waals surface area contributed by atoms with Gasteiger partial charge in [-0.15, -0.1) is 0 Å². The van der Waals surface area contributed by atoms with Crippen LogP contribution < -0.4 is 49.9 Å². The molecule has 0 radical (unpaired) electrons. The van der Waals surface area contributed by atoms with E-state index in [1.807, 2.05) is 252 Å². The number of rotatable bonds is 21. The molecular formula is C118H109N23O6. The molecule has 0 bridgehead atoms. The van der Waals surface area contributed by atoms with E-state index < -0.39 is 0 Å². The Kier molecular flexibility index (Phi) is 28.7. The number of anilines is 3. The van der Waals surface area contributed by atoms with Gasteiger partial charge in [-0.1, -0.05) is 122 Å². The van der Waals surface area contributed by atoms with Gasteiger partial charge in [0, 0.05) is 229 Å². The standard InChI is InChI=1S/2C25H22N6.C24H25N5O.C24H20N4O.C20H20N2O4/c1-3-21(22-4-2-10-27-24(22)5-1)23-16-29-31-17-19(15-28-25(23)31)18-6-8-20(9-7-18)30-13-11-26-12-14-30;1-2-4-24-22(3-1)21(9-10-27-24)23-16-29-31-17-19(15-28-25(23)31)18-5-7-20(8-6-18)30-13-11-26-12-14-30;1-2-12-28(13-3-1)14-15-30-22-6-4-19(5-7-22)21-16-26-24-23(17-27-29(24)18-21)20-8-10-25-11-9-20;1-16(2)29-19-9-7-17(8-10-19)18-13-26-24-22(14-27-28(24)15-18)20-11-12-25-23-6-4-3-5-21(20)23;1-24-17-9-13(10-18(25-2)19(17)26-3)16-8-14(11-22-20(16)21)12-5-4-6-15(23)7-12/h2*1-10,15-17,26H,11-14H2;4-11,16-18H,1-3,12-15H2;3-16H,1-2H3;4-11,23H,1-3H3,(H2,21,22). The first-order valence-electron chi connectivity index (χ1n) is 49.3. The Morgan fingerprint density at radius 3 is 1.24 bits per heavy atom. The highest BCUT2D eigenvalue weighted by atomic mass is 16.5. The Morgan fingerprint density at radius 1 is 0.333 bits per heavy atom. The molecular weight excluding hydrogens is 1840 g/mol. The molecule has 29 heteroatoms. The average Bonchev–Trinajstić information content (AvgIpc) is 1.57. The SMILES string of the molecule is CC(C)Oc1ccc(-c2cnc3c(-c4ccnc5ccccc45)cnn3c2)cc1.COc1cc(-c2cc(-c3cccc(O)c3)cnc2N)cc(OC)c1OC.c1cc(-c2cnn3cc(-c4ccc(N5CCNCC5)cc4)cnc23)c2cccnc2c1.c1cc(-c2cnn3cc(-c4ccc(OCCN5CCCCC5)cc4)cnc23)ccn1.c1ccc2c(-c3cnn4cc(-c5ccc(N6CCNCC6)cc5)cnc34)ccnc2c1. The van der Waals surface area contributed by atoms with E-state index in [9.17, 15) is 5.11 Å². The molecule has 9 aromatic carbocycles. The molecule has 0 aliphatic carbocycles. The van der Waals surface area contributed by atoms with Gasteiger partial charge in [0.05, 0.1) is 68.8 Å². The van der Waals surface area contributed by atoms with Crippen LogP contribution in [0.15, 0.2) is 354 Å². The summed E-state index contributed by atoms with van der Waals surface area (Å²) in [5, 5.41) is 38.1.